The lowest BCUT2D eigenvalue weighted by Crippen LogP contribution is -1.81. The van der Waals surface area contributed by atoms with Crippen LogP contribution in [-0.4, -0.2) is 5.71 Å². The molecule has 0 bridgehead atoms. The van der Waals surface area contributed by atoms with E-state index in [1.54, 1.807) is 0 Å². The van der Waals surface area contributed by atoms with Crippen molar-refractivity contribution in [2.75, 3.05) is 0 Å². The Hall–Kier alpha value is -1.11. The highest BCUT2D eigenvalue weighted by molar-refractivity contribution is 5.82. The average Bonchev–Trinajstić information content (AvgIpc) is 1.96. The molecule has 0 N–H and O–H groups in total. The van der Waals surface area contributed by atoms with Gasteiger partial charge in [0, 0.05) is 5.71 Å². The summed E-state index contributed by atoms with van der Waals surface area (Å²) >= 11 is 0. The third-order valence-electron chi connectivity index (χ3n) is 1.84. The molecule has 0 radical (unpaired) electrons. The molecular formula is C11H15N. The third kappa shape index (κ3) is 2.19. The summed E-state index contributed by atoms with van der Waals surface area (Å²) in [4.78, 5) is 4.38. The maximum atomic E-state index is 4.38. The van der Waals surface area contributed by atoms with Crippen molar-refractivity contribution in [2.24, 2.45) is 4.99 Å². The Kier molecular flexibility index (Phi) is 2.64. The van der Waals surface area contributed by atoms with Crippen LogP contribution in [0.25, 0.3) is 0 Å². The molecular weight excluding hydrogens is 146 g/mol. The van der Waals surface area contributed by atoms with Crippen LogP contribution in [0.1, 0.15) is 25.0 Å². The molecule has 0 aliphatic carbocycles. The summed E-state index contributed by atoms with van der Waals surface area (Å²) in [6.45, 7) is 8.24. The van der Waals surface area contributed by atoms with Gasteiger partial charge in [-0.05, 0) is 51.0 Å². The number of benzene rings is 1. The first kappa shape index (κ1) is 8.98. The predicted octanol–water partition coefficient (Wildman–Crippen LogP) is 3.42. The van der Waals surface area contributed by atoms with Crippen LogP contribution >= 0.6 is 0 Å². The van der Waals surface area contributed by atoms with Gasteiger partial charge in [0.15, 0.2) is 0 Å². The molecule has 0 spiro atoms. The summed E-state index contributed by atoms with van der Waals surface area (Å²) in [5.41, 5.74) is 4.77. The van der Waals surface area contributed by atoms with Crippen LogP contribution in [0.5, 0.6) is 0 Å². The first-order chi connectivity index (χ1) is 5.59. The molecule has 1 heteroatoms. The standard InChI is InChI=1S/C11H15N/c1-8(2)12-11-6-5-9(3)10(4)7-11/h5-7H,1-4H3. The molecule has 0 heterocycles. The summed E-state index contributed by atoms with van der Waals surface area (Å²) in [6, 6.07) is 6.27. The number of rotatable bonds is 1. The number of hydrogen-bond acceptors (Lipinski definition) is 1. The molecule has 1 aromatic carbocycles. The molecule has 0 atom stereocenters. The highest BCUT2D eigenvalue weighted by atomic mass is 14.7. The van der Waals surface area contributed by atoms with Gasteiger partial charge in [-0.25, -0.2) is 0 Å². The molecule has 0 unspecified atom stereocenters. The summed E-state index contributed by atoms with van der Waals surface area (Å²) in [5.74, 6) is 0. The third-order valence-corrected chi connectivity index (χ3v) is 1.84. The van der Waals surface area contributed by atoms with Crippen LogP contribution in [0.2, 0.25) is 0 Å². The predicted molar refractivity (Wildman–Crippen MR) is 54.4 cm³/mol. The van der Waals surface area contributed by atoms with Crippen molar-refractivity contribution >= 4 is 11.4 Å². The molecule has 12 heavy (non-hydrogen) atoms. The minimum Gasteiger partial charge on any atom is -0.258 e. The lowest BCUT2D eigenvalue weighted by Gasteiger charge is -2.00. The molecule has 64 valence electrons. The Balaban J connectivity index is 3.05. The van der Waals surface area contributed by atoms with Gasteiger partial charge in [-0.2, -0.15) is 0 Å². The van der Waals surface area contributed by atoms with Crippen LogP contribution in [0.3, 0.4) is 0 Å². The van der Waals surface area contributed by atoms with Gasteiger partial charge in [0.1, 0.15) is 0 Å². The van der Waals surface area contributed by atoms with E-state index in [1.807, 2.05) is 13.8 Å². The van der Waals surface area contributed by atoms with Gasteiger partial charge in [-0.15, -0.1) is 0 Å². The van der Waals surface area contributed by atoms with Crippen molar-refractivity contribution in [1.29, 1.82) is 0 Å². The molecule has 0 aromatic heterocycles. The second kappa shape index (κ2) is 3.53. The van der Waals surface area contributed by atoms with E-state index >= 15 is 0 Å². The minimum absolute atomic E-state index is 1.05. The summed E-state index contributed by atoms with van der Waals surface area (Å²) < 4.78 is 0. The minimum atomic E-state index is 1.05. The van der Waals surface area contributed by atoms with Gasteiger partial charge in [0.25, 0.3) is 0 Å². The molecule has 0 saturated heterocycles. The van der Waals surface area contributed by atoms with Gasteiger partial charge in [-0.3, -0.25) is 4.99 Å². The normalized spacial score (nSPS) is 9.67. The molecule has 1 nitrogen and oxygen atoms in total. The lowest BCUT2D eigenvalue weighted by molar-refractivity contribution is 1.32. The Bertz CT molecular complexity index is 307. The molecule has 0 saturated carbocycles. The quantitative estimate of drug-likeness (QED) is 0.560. The molecule has 0 fully saturated rings. The number of hydrogen-bond donors (Lipinski definition) is 0. The highest BCUT2D eigenvalue weighted by Gasteiger charge is 1.93. The first-order valence-electron chi connectivity index (χ1n) is 4.19. The number of aryl methyl sites for hydroxylation is 2. The zero-order chi connectivity index (χ0) is 9.14. The van der Waals surface area contributed by atoms with Gasteiger partial charge in [-0.1, -0.05) is 6.07 Å². The lowest BCUT2D eigenvalue weighted by atomic mass is 10.1. The van der Waals surface area contributed by atoms with Crippen molar-refractivity contribution in [3.8, 4) is 0 Å². The van der Waals surface area contributed by atoms with E-state index in [4.69, 9.17) is 0 Å². The van der Waals surface area contributed by atoms with Crippen LogP contribution in [-0.2, 0) is 0 Å². The fourth-order valence-corrected chi connectivity index (χ4v) is 1.05. The van der Waals surface area contributed by atoms with Gasteiger partial charge in [0.05, 0.1) is 5.69 Å². The smallest absolute Gasteiger partial charge is 0.0631 e. The van der Waals surface area contributed by atoms with Gasteiger partial charge >= 0.3 is 0 Å². The SMILES string of the molecule is CC(C)=Nc1ccc(C)c(C)c1. The Morgan fingerprint density at radius 3 is 2.25 bits per heavy atom. The first-order valence-corrected chi connectivity index (χ1v) is 4.19. The average molecular weight is 161 g/mol. The molecule has 0 aliphatic rings. The van der Waals surface area contributed by atoms with E-state index in [0.29, 0.717) is 0 Å². The molecule has 0 amide bonds. The van der Waals surface area contributed by atoms with Crippen LogP contribution in [0, 0.1) is 13.8 Å². The van der Waals surface area contributed by atoms with Crippen molar-refractivity contribution < 1.29 is 0 Å². The van der Waals surface area contributed by atoms with Crippen molar-refractivity contribution in [1.82, 2.24) is 0 Å². The van der Waals surface area contributed by atoms with Crippen molar-refractivity contribution in [2.45, 2.75) is 27.7 Å². The van der Waals surface area contributed by atoms with Gasteiger partial charge < -0.3 is 0 Å². The number of nitrogens with zero attached hydrogens (tertiary/aromatic N) is 1. The summed E-state index contributed by atoms with van der Waals surface area (Å²) in [5, 5.41) is 0. The summed E-state index contributed by atoms with van der Waals surface area (Å²) in [6.07, 6.45) is 0. The zero-order valence-corrected chi connectivity index (χ0v) is 8.18. The largest absolute Gasteiger partial charge is 0.258 e. The Labute approximate surface area is 74.2 Å². The molecule has 1 rings (SSSR count). The van der Waals surface area contributed by atoms with E-state index in [9.17, 15) is 0 Å². The fraction of sp³-hybridized carbons (Fsp3) is 0.364. The van der Waals surface area contributed by atoms with Crippen LogP contribution in [0.4, 0.5) is 5.69 Å². The van der Waals surface area contributed by atoms with Crippen LogP contribution in [0.15, 0.2) is 23.2 Å². The molecule has 0 aliphatic heterocycles. The maximum Gasteiger partial charge on any atom is 0.0631 e. The van der Waals surface area contributed by atoms with E-state index in [1.165, 1.54) is 11.1 Å². The van der Waals surface area contributed by atoms with Gasteiger partial charge in [0.2, 0.25) is 0 Å². The maximum absolute atomic E-state index is 4.38. The summed E-state index contributed by atoms with van der Waals surface area (Å²) in [7, 11) is 0. The molecule has 1 aromatic rings. The Morgan fingerprint density at radius 2 is 1.75 bits per heavy atom. The van der Waals surface area contributed by atoms with E-state index in [2.05, 4.69) is 37.0 Å². The van der Waals surface area contributed by atoms with E-state index < -0.39 is 0 Å². The van der Waals surface area contributed by atoms with E-state index in [0.717, 1.165) is 11.4 Å². The fourth-order valence-electron chi connectivity index (χ4n) is 1.05. The van der Waals surface area contributed by atoms with Crippen molar-refractivity contribution in [3.05, 3.63) is 29.3 Å². The topological polar surface area (TPSA) is 12.4 Å². The van der Waals surface area contributed by atoms with Crippen LogP contribution < -0.4 is 0 Å². The number of aliphatic imine (C=N–C) groups is 1. The monoisotopic (exact) mass is 161 g/mol. The van der Waals surface area contributed by atoms with Crippen molar-refractivity contribution in [3.63, 3.8) is 0 Å². The Morgan fingerprint density at radius 1 is 1.08 bits per heavy atom. The highest BCUT2D eigenvalue weighted by Crippen LogP contribution is 2.16. The zero-order valence-electron chi connectivity index (χ0n) is 8.18. The van der Waals surface area contributed by atoms with E-state index in [-0.39, 0.29) is 0 Å². The second-order valence-electron chi connectivity index (χ2n) is 3.33. The second-order valence-corrected chi connectivity index (χ2v) is 3.33.